The first-order chi connectivity index (χ1) is 12.5. The minimum atomic E-state index is -0.873. The maximum atomic E-state index is 12.5. The monoisotopic (exact) mass is 347 g/mol. The van der Waals surface area contributed by atoms with E-state index in [0.29, 0.717) is 18.2 Å². The molecular weight excluding hydrogens is 322 g/mol. The van der Waals surface area contributed by atoms with E-state index < -0.39 is 5.54 Å². The molecular formula is C23H25NO2. The number of ether oxygens (including phenoxy) is 1. The van der Waals surface area contributed by atoms with E-state index in [0.717, 1.165) is 12.0 Å². The second kappa shape index (κ2) is 7.69. The van der Waals surface area contributed by atoms with Gasteiger partial charge in [0, 0.05) is 12.0 Å². The van der Waals surface area contributed by atoms with E-state index in [4.69, 9.17) is 4.74 Å². The van der Waals surface area contributed by atoms with E-state index >= 15 is 0 Å². The normalized spacial score (nSPS) is 20.2. The van der Waals surface area contributed by atoms with Crippen LogP contribution in [0.4, 0.5) is 0 Å². The summed E-state index contributed by atoms with van der Waals surface area (Å²) in [5.74, 6) is 0.661. The molecule has 0 spiro atoms. The van der Waals surface area contributed by atoms with Crippen LogP contribution in [0.25, 0.3) is 5.57 Å². The van der Waals surface area contributed by atoms with Crippen LogP contribution in [0.15, 0.2) is 71.7 Å². The fraction of sp³-hybridized carbons (Fsp3) is 0.304. The number of carbonyl (C=O) groups excluding carboxylic acids is 1. The van der Waals surface area contributed by atoms with E-state index in [1.807, 2.05) is 55.5 Å². The molecule has 3 heteroatoms. The number of hydrogen-bond donors (Lipinski definition) is 0. The van der Waals surface area contributed by atoms with E-state index in [-0.39, 0.29) is 5.97 Å². The van der Waals surface area contributed by atoms with Crippen molar-refractivity contribution < 1.29 is 9.53 Å². The summed E-state index contributed by atoms with van der Waals surface area (Å²) in [5, 5.41) is 0. The second-order valence-corrected chi connectivity index (χ2v) is 7.34. The number of hydrogen-bond acceptors (Lipinski definition) is 3. The van der Waals surface area contributed by atoms with Crippen LogP contribution in [0.1, 0.15) is 44.7 Å². The molecule has 1 aliphatic heterocycles. The van der Waals surface area contributed by atoms with E-state index in [2.05, 4.69) is 37.0 Å². The standard InChI is InChI=1S/C23H25NO2/c1-17(2)16-20(18-10-6-4-7-11-18)14-15-23(3)22(25)26-21(24-23)19-12-8-5-9-13-19/h4-14,17H,15-16H2,1-3H3/b20-14-. The molecule has 0 fully saturated rings. The molecule has 3 nitrogen and oxygen atoms in total. The molecule has 0 saturated heterocycles. The van der Waals surface area contributed by atoms with E-state index in [1.54, 1.807) is 0 Å². The van der Waals surface area contributed by atoms with Crippen molar-refractivity contribution in [2.24, 2.45) is 10.9 Å². The topological polar surface area (TPSA) is 38.7 Å². The molecule has 2 aromatic carbocycles. The van der Waals surface area contributed by atoms with Crippen LogP contribution < -0.4 is 0 Å². The molecule has 0 amide bonds. The van der Waals surface area contributed by atoms with Gasteiger partial charge in [0.15, 0.2) is 5.54 Å². The zero-order chi connectivity index (χ0) is 18.6. The Kier molecular flexibility index (Phi) is 5.36. The maximum Gasteiger partial charge on any atom is 0.340 e. The van der Waals surface area contributed by atoms with Gasteiger partial charge in [0.25, 0.3) is 0 Å². The van der Waals surface area contributed by atoms with E-state index in [9.17, 15) is 4.79 Å². The van der Waals surface area contributed by atoms with Crippen molar-refractivity contribution >= 4 is 17.4 Å². The van der Waals surface area contributed by atoms with Crippen molar-refractivity contribution in [1.82, 2.24) is 0 Å². The summed E-state index contributed by atoms with van der Waals surface area (Å²) in [7, 11) is 0. The number of allylic oxidation sites excluding steroid dienone is 1. The van der Waals surface area contributed by atoms with Crippen LogP contribution in [0.2, 0.25) is 0 Å². The van der Waals surface area contributed by atoms with Crippen molar-refractivity contribution in [2.75, 3.05) is 0 Å². The Hall–Kier alpha value is -2.68. The molecule has 26 heavy (non-hydrogen) atoms. The van der Waals surface area contributed by atoms with Gasteiger partial charge in [-0.1, -0.05) is 68.5 Å². The highest BCUT2D eigenvalue weighted by atomic mass is 16.6. The summed E-state index contributed by atoms with van der Waals surface area (Å²) in [4.78, 5) is 17.1. The predicted molar refractivity (Wildman–Crippen MR) is 106 cm³/mol. The Morgan fingerprint density at radius 1 is 1.08 bits per heavy atom. The third kappa shape index (κ3) is 4.10. The van der Waals surface area contributed by atoms with Gasteiger partial charge in [-0.2, -0.15) is 0 Å². The SMILES string of the molecule is CC(C)C/C(=C/CC1(C)N=C(c2ccccc2)OC1=O)c1ccccc1. The Labute approximate surface area is 155 Å². The summed E-state index contributed by atoms with van der Waals surface area (Å²) in [6.07, 6.45) is 3.64. The Balaban J connectivity index is 1.86. The van der Waals surface area contributed by atoms with Crippen molar-refractivity contribution in [2.45, 2.75) is 39.2 Å². The Morgan fingerprint density at radius 2 is 1.69 bits per heavy atom. The first-order valence-electron chi connectivity index (χ1n) is 9.10. The summed E-state index contributed by atoms with van der Waals surface area (Å²) >= 11 is 0. The van der Waals surface area contributed by atoms with Crippen LogP contribution in [-0.2, 0) is 9.53 Å². The largest absolute Gasteiger partial charge is 0.405 e. The van der Waals surface area contributed by atoms with Gasteiger partial charge in [-0.25, -0.2) is 9.79 Å². The molecule has 0 saturated carbocycles. The first-order valence-corrected chi connectivity index (χ1v) is 9.10. The highest BCUT2D eigenvalue weighted by Crippen LogP contribution is 2.30. The number of benzene rings is 2. The van der Waals surface area contributed by atoms with Crippen LogP contribution in [0.5, 0.6) is 0 Å². The molecule has 1 heterocycles. The van der Waals surface area contributed by atoms with Crippen LogP contribution >= 0.6 is 0 Å². The maximum absolute atomic E-state index is 12.5. The molecule has 1 atom stereocenters. The zero-order valence-corrected chi connectivity index (χ0v) is 15.6. The van der Waals surface area contributed by atoms with Crippen molar-refractivity contribution in [3.63, 3.8) is 0 Å². The lowest BCUT2D eigenvalue weighted by atomic mass is 9.91. The molecule has 2 aromatic rings. The number of nitrogens with zero attached hydrogens (tertiary/aromatic N) is 1. The lowest BCUT2D eigenvalue weighted by Crippen LogP contribution is -2.29. The quantitative estimate of drug-likeness (QED) is 0.668. The molecule has 1 aliphatic rings. The smallest absolute Gasteiger partial charge is 0.340 e. The van der Waals surface area contributed by atoms with Crippen LogP contribution in [0.3, 0.4) is 0 Å². The fourth-order valence-electron chi connectivity index (χ4n) is 3.06. The molecule has 1 unspecified atom stereocenters. The summed E-state index contributed by atoms with van der Waals surface area (Å²) in [6.45, 7) is 6.25. The fourth-order valence-corrected chi connectivity index (χ4v) is 3.06. The molecule has 134 valence electrons. The summed E-state index contributed by atoms with van der Waals surface area (Å²) in [5.41, 5.74) is 2.41. The lowest BCUT2D eigenvalue weighted by molar-refractivity contribution is -0.138. The highest BCUT2D eigenvalue weighted by molar-refractivity contribution is 6.07. The molecule has 0 aromatic heterocycles. The van der Waals surface area contributed by atoms with Gasteiger partial charge in [-0.05, 0) is 42.5 Å². The van der Waals surface area contributed by atoms with Crippen LogP contribution in [-0.4, -0.2) is 17.4 Å². The highest BCUT2D eigenvalue weighted by Gasteiger charge is 2.41. The van der Waals surface area contributed by atoms with Crippen molar-refractivity contribution in [1.29, 1.82) is 0 Å². The molecule has 0 radical (unpaired) electrons. The van der Waals surface area contributed by atoms with Gasteiger partial charge in [-0.15, -0.1) is 0 Å². The third-order valence-corrected chi connectivity index (χ3v) is 4.52. The first kappa shape index (κ1) is 18.1. The number of esters is 1. The number of carbonyl (C=O) groups is 1. The third-order valence-electron chi connectivity index (χ3n) is 4.52. The van der Waals surface area contributed by atoms with Crippen molar-refractivity contribution in [3.05, 3.63) is 77.9 Å². The van der Waals surface area contributed by atoms with Crippen molar-refractivity contribution in [3.8, 4) is 0 Å². The van der Waals surface area contributed by atoms with Gasteiger partial charge >= 0.3 is 5.97 Å². The summed E-state index contributed by atoms with van der Waals surface area (Å²) < 4.78 is 5.46. The lowest BCUT2D eigenvalue weighted by Gasteiger charge is -2.16. The van der Waals surface area contributed by atoms with Gasteiger partial charge < -0.3 is 4.74 Å². The predicted octanol–water partition coefficient (Wildman–Crippen LogP) is 5.27. The number of rotatable bonds is 6. The number of cyclic esters (lactones) is 1. The molecule has 3 rings (SSSR count). The Morgan fingerprint density at radius 3 is 2.31 bits per heavy atom. The molecule has 0 N–H and O–H groups in total. The minimum Gasteiger partial charge on any atom is -0.405 e. The second-order valence-electron chi connectivity index (χ2n) is 7.34. The molecule has 0 bridgehead atoms. The molecule has 0 aliphatic carbocycles. The van der Waals surface area contributed by atoms with Gasteiger partial charge in [-0.3, -0.25) is 0 Å². The van der Waals surface area contributed by atoms with Gasteiger partial charge in [0.2, 0.25) is 5.90 Å². The van der Waals surface area contributed by atoms with Gasteiger partial charge in [0.1, 0.15) is 0 Å². The number of aliphatic imine (C=N–C) groups is 1. The van der Waals surface area contributed by atoms with Gasteiger partial charge in [0.05, 0.1) is 0 Å². The Bertz CT molecular complexity index is 822. The van der Waals surface area contributed by atoms with Crippen LogP contribution in [0, 0.1) is 5.92 Å². The average molecular weight is 347 g/mol. The minimum absolute atomic E-state index is 0.287. The van der Waals surface area contributed by atoms with E-state index in [1.165, 1.54) is 11.1 Å². The summed E-state index contributed by atoms with van der Waals surface area (Å²) in [6, 6.07) is 19.9. The average Bonchev–Trinajstić information content (AvgIpc) is 2.95. The zero-order valence-electron chi connectivity index (χ0n) is 15.6.